The Labute approximate surface area is 154 Å². The number of thiazole rings is 1. The van der Waals surface area contributed by atoms with E-state index in [1.807, 2.05) is 0 Å². The number of aromatic nitrogens is 1. The molecule has 0 fully saturated rings. The van der Waals surface area contributed by atoms with Gasteiger partial charge in [-0.15, -0.1) is 11.3 Å². The molecular formula is C18H11F5N2OS. The van der Waals surface area contributed by atoms with Crippen LogP contribution in [0.3, 0.4) is 0 Å². The maximum atomic E-state index is 13.7. The molecule has 1 N–H and O–H groups in total. The van der Waals surface area contributed by atoms with Gasteiger partial charge in [-0.2, -0.15) is 13.2 Å². The summed E-state index contributed by atoms with van der Waals surface area (Å²) in [7, 11) is 0. The fourth-order valence-corrected chi connectivity index (χ4v) is 3.33. The van der Waals surface area contributed by atoms with E-state index in [0.717, 1.165) is 34.9 Å². The van der Waals surface area contributed by atoms with Gasteiger partial charge >= 0.3 is 6.18 Å². The Balaban J connectivity index is 1.85. The lowest BCUT2D eigenvalue weighted by molar-refractivity contribution is -0.140. The highest BCUT2D eigenvalue weighted by Gasteiger charge is 2.34. The maximum Gasteiger partial charge on any atom is 0.434 e. The van der Waals surface area contributed by atoms with Gasteiger partial charge in [-0.1, -0.05) is 6.07 Å². The molecule has 9 heteroatoms. The van der Waals surface area contributed by atoms with E-state index in [1.165, 1.54) is 18.2 Å². The van der Waals surface area contributed by atoms with Gasteiger partial charge in [0.15, 0.2) is 5.69 Å². The minimum Gasteiger partial charge on any atom is -0.322 e. The smallest absolute Gasteiger partial charge is 0.322 e. The van der Waals surface area contributed by atoms with Gasteiger partial charge in [-0.05, 0) is 42.8 Å². The van der Waals surface area contributed by atoms with Crippen LogP contribution in [0.25, 0.3) is 10.6 Å². The van der Waals surface area contributed by atoms with Crippen LogP contribution in [0, 0.1) is 18.6 Å². The van der Waals surface area contributed by atoms with Gasteiger partial charge < -0.3 is 5.32 Å². The number of alkyl halides is 3. The van der Waals surface area contributed by atoms with Crippen molar-refractivity contribution in [1.29, 1.82) is 0 Å². The quantitative estimate of drug-likeness (QED) is 0.578. The van der Waals surface area contributed by atoms with Gasteiger partial charge in [-0.25, -0.2) is 13.8 Å². The van der Waals surface area contributed by atoms with Gasteiger partial charge in [0.05, 0.1) is 0 Å². The number of hydrogen-bond acceptors (Lipinski definition) is 3. The van der Waals surface area contributed by atoms with Crippen molar-refractivity contribution in [3.63, 3.8) is 0 Å². The highest BCUT2D eigenvalue weighted by Crippen LogP contribution is 2.35. The number of benzene rings is 2. The second-order valence-corrected chi connectivity index (χ2v) is 6.47. The number of carbonyl (C=O) groups is 1. The molecular weight excluding hydrogens is 387 g/mol. The number of carbonyl (C=O) groups excluding carboxylic acids is 1. The number of halogens is 5. The Hall–Kier alpha value is -2.81. The molecule has 0 spiro atoms. The number of aryl methyl sites for hydroxylation is 1. The van der Waals surface area contributed by atoms with E-state index < -0.39 is 35.0 Å². The van der Waals surface area contributed by atoms with E-state index >= 15 is 0 Å². The van der Waals surface area contributed by atoms with Gasteiger partial charge in [0.1, 0.15) is 22.2 Å². The topological polar surface area (TPSA) is 42.0 Å². The molecule has 1 heterocycles. The first-order valence-electron chi connectivity index (χ1n) is 7.56. The van der Waals surface area contributed by atoms with Crippen LogP contribution in [-0.2, 0) is 6.18 Å². The molecule has 0 atom stereocenters. The summed E-state index contributed by atoms with van der Waals surface area (Å²) in [5.74, 6) is -2.96. The fraction of sp³-hybridized carbons (Fsp3) is 0.111. The molecule has 0 bridgehead atoms. The second kappa shape index (κ2) is 7.07. The summed E-state index contributed by atoms with van der Waals surface area (Å²) in [5.41, 5.74) is -0.435. The first-order chi connectivity index (χ1) is 12.7. The summed E-state index contributed by atoms with van der Waals surface area (Å²) in [6.45, 7) is 1.63. The van der Waals surface area contributed by atoms with E-state index in [1.54, 1.807) is 6.92 Å². The summed E-state index contributed by atoms with van der Waals surface area (Å²) in [5, 5.41) is 3.47. The second-order valence-electron chi connectivity index (χ2n) is 5.62. The average Bonchev–Trinajstić information content (AvgIpc) is 3.04. The molecule has 2 aromatic carbocycles. The summed E-state index contributed by atoms with van der Waals surface area (Å²) < 4.78 is 65.4. The highest BCUT2D eigenvalue weighted by molar-refractivity contribution is 7.13. The summed E-state index contributed by atoms with van der Waals surface area (Å²) in [6, 6.07) is 7.47. The van der Waals surface area contributed by atoms with Crippen LogP contribution in [0.15, 0.2) is 41.8 Å². The molecule has 0 aliphatic heterocycles. The maximum absolute atomic E-state index is 13.7. The summed E-state index contributed by atoms with van der Waals surface area (Å²) >= 11 is 0.847. The number of nitrogens with zero attached hydrogens (tertiary/aromatic N) is 1. The van der Waals surface area contributed by atoms with Gasteiger partial charge in [0.25, 0.3) is 5.91 Å². The van der Waals surface area contributed by atoms with E-state index in [2.05, 4.69) is 10.3 Å². The third-order valence-electron chi connectivity index (χ3n) is 3.70. The van der Waals surface area contributed by atoms with Crippen molar-refractivity contribution in [2.75, 3.05) is 5.32 Å². The van der Waals surface area contributed by atoms with Gasteiger partial charge in [0.2, 0.25) is 0 Å². The lowest BCUT2D eigenvalue weighted by atomic mass is 10.1. The first kappa shape index (κ1) is 19.0. The fourth-order valence-electron chi connectivity index (χ4n) is 2.42. The summed E-state index contributed by atoms with van der Waals surface area (Å²) in [6.07, 6.45) is -4.53. The third kappa shape index (κ3) is 3.97. The Morgan fingerprint density at radius 1 is 1.11 bits per heavy atom. The molecule has 1 aromatic heterocycles. The largest absolute Gasteiger partial charge is 0.434 e. The van der Waals surface area contributed by atoms with E-state index in [4.69, 9.17) is 0 Å². The zero-order valence-corrected chi connectivity index (χ0v) is 14.5. The zero-order valence-electron chi connectivity index (χ0n) is 13.7. The summed E-state index contributed by atoms with van der Waals surface area (Å²) in [4.78, 5) is 15.7. The van der Waals surface area contributed by atoms with Gasteiger partial charge in [-0.3, -0.25) is 4.79 Å². The minimum atomic E-state index is -4.53. The molecule has 0 radical (unpaired) electrons. The molecule has 0 unspecified atom stereocenters. The lowest BCUT2D eigenvalue weighted by Crippen LogP contribution is -2.15. The average molecular weight is 398 g/mol. The number of hydrogen-bond donors (Lipinski definition) is 1. The van der Waals surface area contributed by atoms with Crippen LogP contribution >= 0.6 is 11.3 Å². The predicted molar refractivity (Wildman–Crippen MR) is 91.6 cm³/mol. The zero-order chi connectivity index (χ0) is 19.8. The van der Waals surface area contributed by atoms with Crippen LogP contribution in [0.4, 0.5) is 27.6 Å². The SMILES string of the molecule is Cc1cc(NC(=O)c2c(F)cccc2F)ccc1-c1nc(C(F)(F)F)cs1. The van der Waals surface area contributed by atoms with Gasteiger partial charge in [0, 0.05) is 16.6 Å². The predicted octanol–water partition coefficient (Wildman–Crippen LogP) is 5.67. The number of amides is 1. The Kier molecular flexibility index (Phi) is 4.97. The molecule has 1 amide bonds. The van der Waals surface area contributed by atoms with Crippen LogP contribution in [0.1, 0.15) is 21.6 Å². The monoisotopic (exact) mass is 398 g/mol. The number of nitrogens with one attached hydrogen (secondary N) is 1. The normalized spacial score (nSPS) is 11.5. The Morgan fingerprint density at radius 3 is 2.33 bits per heavy atom. The first-order valence-corrected chi connectivity index (χ1v) is 8.44. The van der Waals surface area contributed by atoms with Crippen molar-refractivity contribution in [1.82, 2.24) is 4.98 Å². The van der Waals surface area contributed by atoms with Crippen molar-refractivity contribution in [2.45, 2.75) is 13.1 Å². The van der Waals surface area contributed by atoms with Crippen molar-refractivity contribution < 1.29 is 26.7 Å². The van der Waals surface area contributed by atoms with E-state index in [-0.39, 0.29) is 10.7 Å². The molecule has 3 nitrogen and oxygen atoms in total. The molecule has 140 valence electrons. The van der Waals surface area contributed by atoms with Crippen molar-refractivity contribution in [3.05, 3.63) is 70.2 Å². The Morgan fingerprint density at radius 2 is 1.78 bits per heavy atom. The number of rotatable bonds is 3. The molecule has 0 aliphatic carbocycles. The third-order valence-corrected chi connectivity index (χ3v) is 4.57. The van der Waals surface area contributed by atoms with Crippen molar-refractivity contribution in [3.8, 4) is 10.6 Å². The number of anilines is 1. The van der Waals surface area contributed by atoms with E-state index in [9.17, 15) is 26.7 Å². The van der Waals surface area contributed by atoms with E-state index in [0.29, 0.717) is 11.1 Å². The molecule has 0 aliphatic rings. The van der Waals surface area contributed by atoms with Crippen LogP contribution in [0.5, 0.6) is 0 Å². The van der Waals surface area contributed by atoms with Crippen LogP contribution < -0.4 is 5.32 Å². The molecule has 27 heavy (non-hydrogen) atoms. The molecule has 0 saturated carbocycles. The standard InChI is InChI=1S/C18H11F5N2OS/c1-9-7-10(24-16(26)15-12(19)3-2-4-13(15)20)5-6-11(9)17-25-14(8-27-17)18(21,22)23/h2-8H,1H3,(H,24,26). The van der Waals surface area contributed by atoms with Crippen LogP contribution in [0.2, 0.25) is 0 Å². The lowest BCUT2D eigenvalue weighted by Gasteiger charge is -2.10. The minimum absolute atomic E-state index is 0.179. The van der Waals surface area contributed by atoms with Crippen molar-refractivity contribution in [2.24, 2.45) is 0 Å². The molecule has 0 saturated heterocycles. The highest BCUT2D eigenvalue weighted by atomic mass is 32.1. The van der Waals surface area contributed by atoms with Crippen molar-refractivity contribution >= 4 is 22.9 Å². The molecule has 3 rings (SSSR count). The Bertz CT molecular complexity index is 993. The molecule has 3 aromatic rings. The van der Waals surface area contributed by atoms with Crippen LogP contribution in [-0.4, -0.2) is 10.9 Å².